The largest absolute Gasteiger partial charge is 0.479 e. The van der Waals surface area contributed by atoms with Crippen LogP contribution in [0.3, 0.4) is 0 Å². The van der Waals surface area contributed by atoms with Crippen molar-refractivity contribution in [3.63, 3.8) is 0 Å². The van der Waals surface area contributed by atoms with E-state index >= 15 is 0 Å². The van der Waals surface area contributed by atoms with Crippen molar-refractivity contribution in [3.05, 3.63) is 12.2 Å². The third kappa shape index (κ3) is 4.63. The monoisotopic (exact) mass is 211 g/mol. The zero-order valence-electron chi connectivity index (χ0n) is 8.87. The number of carboxylic acids is 1. The molecule has 15 heavy (non-hydrogen) atoms. The molecule has 1 aliphatic heterocycles. The molecular formula is C11H17NO3. The van der Waals surface area contributed by atoms with Crippen LogP contribution in [-0.4, -0.2) is 30.1 Å². The van der Waals surface area contributed by atoms with Crippen molar-refractivity contribution in [1.82, 2.24) is 0 Å². The molecule has 1 N–H and O–H groups in total. The van der Waals surface area contributed by atoms with E-state index in [-0.39, 0.29) is 0 Å². The van der Waals surface area contributed by atoms with E-state index in [4.69, 9.17) is 9.84 Å². The van der Waals surface area contributed by atoms with E-state index in [2.05, 4.69) is 11.6 Å². The Kier molecular flexibility index (Phi) is 4.87. The number of carboxylic acid groups (broad SMARTS) is 1. The fourth-order valence-electron chi connectivity index (χ4n) is 1.43. The van der Waals surface area contributed by atoms with Crippen molar-refractivity contribution < 1.29 is 14.6 Å². The number of aliphatic carboxylic acids is 1. The number of aliphatic imine (C=N–C) groups is 1. The molecule has 1 rings (SSSR count). The number of rotatable bonds is 7. The van der Waals surface area contributed by atoms with E-state index < -0.39 is 5.97 Å². The molecule has 1 aliphatic rings. The lowest BCUT2D eigenvalue weighted by Gasteiger charge is -2.02. The zero-order valence-corrected chi connectivity index (χ0v) is 8.87. The highest BCUT2D eigenvalue weighted by Crippen LogP contribution is 2.10. The minimum atomic E-state index is -0.890. The van der Waals surface area contributed by atoms with Gasteiger partial charge < -0.3 is 9.84 Å². The molecule has 4 heteroatoms. The SMILES string of the molecule is C=C(CCCCCC1=NCCO1)C(=O)O. The summed E-state index contributed by atoms with van der Waals surface area (Å²) in [5.41, 5.74) is 0.296. The van der Waals surface area contributed by atoms with E-state index in [1.165, 1.54) is 0 Å². The van der Waals surface area contributed by atoms with Crippen molar-refractivity contribution in [1.29, 1.82) is 0 Å². The molecule has 0 saturated carbocycles. The lowest BCUT2D eigenvalue weighted by molar-refractivity contribution is -0.132. The van der Waals surface area contributed by atoms with Crippen LogP contribution >= 0.6 is 0 Å². The molecule has 0 aromatic carbocycles. The Labute approximate surface area is 89.7 Å². The van der Waals surface area contributed by atoms with Gasteiger partial charge in [0, 0.05) is 12.0 Å². The van der Waals surface area contributed by atoms with Crippen LogP contribution in [0.1, 0.15) is 32.1 Å². The Morgan fingerprint density at radius 3 is 2.87 bits per heavy atom. The number of hydrogen-bond acceptors (Lipinski definition) is 3. The molecule has 0 bridgehead atoms. The summed E-state index contributed by atoms with van der Waals surface area (Å²) in [5, 5.41) is 8.57. The third-order valence-electron chi connectivity index (χ3n) is 2.32. The highest BCUT2D eigenvalue weighted by Gasteiger charge is 2.07. The van der Waals surface area contributed by atoms with Crippen LogP contribution in [-0.2, 0) is 9.53 Å². The average molecular weight is 211 g/mol. The summed E-state index contributed by atoms with van der Waals surface area (Å²) >= 11 is 0. The van der Waals surface area contributed by atoms with Gasteiger partial charge in [-0.05, 0) is 19.3 Å². The molecule has 0 saturated heterocycles. The Bertz CT molecular complexity index is 267. The molecule has 1 heterocycles. The fraction of sp³-hybridized carbons (Fsp3) is 0.636. The van der Waals surface area contributed by atoms with Crippen LogP contribution in [0.25, 0.3) is 0 Å². The molecule has 0 aromatic heterocycles. The second-order valence-electron chi connectivity index (χ2n) is 3.59. The van der Waals surface area contributed by atoms with Gasteiger partial charge in [0.05, 0.1) is 6.54 Å². The minimum absolute atomic E-state index is 0.296. The Balaban J connectivity index is 1.97. The summed E-state index contributed by atoms with van der Waals surface area (Å²) in [4.78, 5) is 14.6. The molecule has 0 unspecified atom stereocenters. The first-order chi connectivity index (χ1) is 7.20. The van der Waals surface area contributed by atoms with E-state index in [1.807, 2.05) is 0 Å². The summed E-state index contributed by atoms with van der Waals surface area (Å²) < 4.78 is 5.26. The predicted molar refractivity (Wildman–Crippen MR) is 58.1 cm³/mol. The molecule has 0 radical (unpaired) electrons. The molecule has 0 fully saturated rings. The second-order valence-corrected chi connectivity index (χ2v) is 3.59. The Morgan fingerprint density at radius 1 is 1.47 bits per heavy atom. The van der Waals surface area contributed by atoms with Crippen LogP contribution < -0.4 is 0 Å². The summed E-state index contributed by atoms with van der Waals surface area (Å²) in [6.07, 6.45) is 4.32. The summed E-state index contributed by atoms with van der Waals surface area (Å²) in [5.74, 6) is -0.0365. The van der Waals surface area contributed by atoms with Crippen LogP contribution in [0.2, 0.25) is 0 Å². The van der Waals surface area contributed by atoms with E-state index in [9.17, 15) is 4.79 Å². The normalized spacial score (nSPS) is 14.5. The number of unbranched alkanes of at least 4 members (excludes halogenated alkanes) is 2. The molecular weight excluding hydrogens is 194 g/mol. The van der Waals surface area contributed by atoms with Crippen LogP contribution in [0, 0.1) is 0 Å². The Morgan fingerprint density at radius 2 is 2.27 bits per heavy atom. The molecule has 0 aromatic rings. The first-order valence-corrected chi connectivity index (χ1v) is 5.27. The number of carbonyl (C=O) groups is 1. The smallest absolute Gasteiger partial charge is 0.330 e. The molecule has 84 valence electrons. The minimum Gasteiger partial charge on any atom is -0.479 e. The molecule has 0 amide bonds. The summed E-state index contributed by atoms with van der Waals surface area (Å²) in [6, 6.07) is 0. The molecule has 0 aliphatic carbocycles. The second kappa shape index (κ2) is 6.22. The molecule has 4 nitrogen and oxygen atoms in total. The summed E-state index contributed by atoms with van der Waals surface area (Å²) in [6.45, 7) is 4.98. The summed E-state index contributed by atoms with van der Waals surface area (Å²) in [7, 11) is 0. The lowest BCUT2D eigenvalue weighted by Crippen LogP contribution is -2.00. The van der Waals surface area contributed by atoms with Gasteiger partial charge in [-0.1, -0.05) is 13.0 Å². The van der Waals surface area contributed by atoms with Crippen molar-refractivity contribution in [2.75, 3.05) is 13.2 Å². The molecule has 0 spiro atoms. The topological polar surface area (TPSA) is 58.9 Å². The zero-order chi connectivity index (χ0) is 11.1. The van der Waals surface area contributed by atoms with Crippen molar-refractivity contribution in [3.8, 4) is 0 Å². The fourth-order valence-corrected chi connectivity index (χ4v) is 1.43. The van der Waals surface area contributed by atoms with Crippen LogP contribution in [0.4, 0.5) is 0 Å². The number of ether oxygens (including phenoxy) is 1. The highest BCUT2D eigenvalue weighted by atomic mass is 16.5. The van der Waals surface area contributed by atoms with E-state index in [0.717, 1.165) is 38.1 Å². The first kappa shape index (κ1) is 11.8. The van der Waals surface area contributed by atoms with Gasteiger partial charge >= 0.3 is 5.97 Å². The van der Waals surface area contributed by atoms with Gasteiger partial charge in [0.1, 0.15) is 6.61 Å². The number of nitrogens with zero attached hydrogens (tertiary/aromatic N) is 1. The molecule has 0 atom stereocenters. The maximum Gasteiger partial charge on any atom is 0.330 e. The van der Waals surface area contributed by atoms with Gasteiger partial charge in [-0.3, -0.25) is 4.99 Å². The van der Waals surface area contributed by atoms with Gasteiger partial charge in [0.2, 0.25) is 0 Å². The van der Waals surface area contributed by atoms with Gasteiger partial charge in [0.15, 0.2) is 5.90 Å². The van der Waals surface area contributed by atoms with E-state index in [0.29, 0.717) is 18.6 Å². The maximum absolute atomic E-state index is 10.4. The van der Waals surface area contributed by atoms with Crippen molar-refractivity contribution in [2.45, 2.75) is 32.1 Å². The number of hydrogen-bond donors (Lipinski definition) is 1. The van der Waals surface area contributed by atoms with Gasteiger partial charge in [0.25, 0.3) is 0 Å². The van der Waals surface area contributed by atoms with Crippen molar-refractivity contribution >= 4 is 11.9 Å². The Hall–Kier alpha value is -1.32. The quantitative estimate of drug-likeness (QED) is 0.517. The van der Waals surface area contributed by atoms with Crippen LogP contribution in [0.5, 0.6) is 0 Å². The van der Waals surface area contributed by atoms with Gasteiger partial charge in [-0.15, -0.1) is 0 Å². The predicted octanol–water partition coefficient (Wildman–Crippen LogP) is 2.01. The lowest BCUT2D eigenvalue weighted by atomic mass is 10.1. The standard InChI is InChI=1S/C11H17NO3/c1-9(11(13)14)5-3-2-4-6-10-12-7-8-15-10/h1-8H2,(H,13,14). The van der Waals surface area contributed by atoms with Gasteiger partial charge in [-0.25, -0.2) is 4.79 Å². The van der Waals surface area contributed by atoms with E-state index in [1.54, 1.807) is 0 Å². The van der Waals surface area contributed by atoms with Gasteiger partial charge in [-0.2, -0.15) is 0 Å². The van der Waals surface area contributed by atoms with Crippen LogP contribution in [0.15, 0.2) is 17.1 Å². The van der Waals surface area contributed by atoms with Crippen molar-refractivity contribution in [2.24, 2.45) is 4.99 Å². The average Bonchev–Trinajstić information content (AvgIpc) is 2.69. The maximum atomic E-state index is 10.4. The first-order valence-electron chi connectivity index (χ1n) is 5.27. The highest BCUT2D eigenvalue weighted by molar-refractivity contribution is 5.85. The third-order valence-corrected chi connectivity index (χ3v) is 2.32.